The first-order valence-corrected chi connectivity index (χ1v) is 21.5. The van der Waals surface area contributed by atoms with E-state index in [4.69, 9.17) is 9.47 Å². The SMILES string of the molecule is CCCCCCCCCCCCCCCCCCOC(=O)CC[C@@H](C(=O)OCCCCCCCCCCCCCCCCCC)N(C)C.Cl. The third kappa shape index (κ3) is 38.3. The van der Waals surface area contributed by atoms with Crippen LogP contribution in [0.3, 0.4) is 0 Å². The highest BCUT2D eigenvalue weighted by Gasteiger charge is 2.23. The summed E-state index contributed by atoms with van der Waals surface area (Å²) in [5.41, 5.74) is 0. The number of halogens is 1. The molecule has 0 radical (unpaired) electrons. The molecule has 0 spiro atoms. The summed E-state index contributed by atoms with van der Waals surface area (Å²) in [5, 5.41) is 0. The van der Waals surface area contributed by atoms with E-state index in [9.17, 15) is 9.59 Å². The van der Waals surface area contributed by atoms with Crippen molar-refractivity contribution < 1.29 is 19.1 Å². The summed E-state index contributed by atoms with van der Waals surface area (Å²) in [5.74, 6) is -0.417. The summed E-state index contributed by atoms with van der Waals surface area (Å²) in [6.07, 6.45) is 43.3. The van der Waals surface area contributed by atoms with E-state index in [-0.39, 0.29) is 30.8 Å². The second kappa shape index (κ2) is 41.6. The van der Waals surface area contributed by atoms with Gasteiger partial charge < -0.3 is 9.47 Å². The molecule has 0 heterocycles. The lowest BCUT2D eigenvalue weighted by Gasteiger charge is -2.22. The first-order chi connectivity index (χ1) is 23.5. The van der Waals surface area contributed by atoms with Gasteiger partial charge in [0.1, 0.15) is 6.04 Å². The third-order valence-corrected chi connectivity index (χ3v) is 10.0. The molecule has 0 aliphatic carbocycles. The molecule has 0 aliphatic heterocycles. The van der Waals surface area contributed by atoms with Gasteiger partial charge in [0.25, 0.3) is 0 Å². The van der Waals surface area contributed by atoms with Gasteiger partial charge in [0.2, 0.25) is 0 Å². The highest BCUT2D eigenvalue weighted by atomic mass is 35.5. The number of hydrogen-bond acceptors (Lipinski definition) is 5. The van der Waals surface area contributed by atoms with Gasteiger partial charge in [-0.15, -0.1) is 12.4 Å². The largest absolute Gasteiger partial charge is 0.466 e. The zero-order valence-corrected chi connectivity index (χ0v) is 34.3. The highest BCUT2D eigenvalue weighted by molar-refractivity contribution is 5.85. The molecule has 0 fully saturated rings. The standard InChI is InChI=1S/C43H85NO4.ClH/c1-5-7-9-11-13-15-17-19-21-23-25-27-29-31-33-35-39-47-42(45)38-37-41(44(3)4)43(46)48-40-36-34-32-30-28-26-24-22-20-18-16-14-12-10-8-6-2;/h41H,5-40H2,1-4H3;1H/t41-;/m0./s1. The lowest BCUT2D eigenvalue weighted by atomic mass is 10.0. The second-order valence-electron chi connectivity index (χ2n) is 15.0. The quantitative estimate of drug-likeness (QED) is 0.0468. The van der Waals surface area contributed by atoms with Gasteiger partial charge in [-0.1, -0.05) is 206 Å². The van der Waals surface area contributed by atoms with Crippen LogP contribution in [0.25, 0.3) is 0 Å². The number of ether oxygens (including phenoxy) is 2. The third-order valence-electron chi connectivity index (χ3n) is 10.0. The lowest BCUT2D eigenvalue weighted by Crippen LogP contribution is -2.37. The van der Waals surface area contributed by atoms with E-state index in [2.05, 4.69) is 13.8 Å². The van der Waals surface area contributed by atoms with E-state index in [0.29, 0.717) is 19.6 Å². The molecule has 0 aromatic carbocycles. The molecule has 49 heavy (non-hydrogen) atoms. The Morgan fingerprint density at radius 1 is 0.429 bits per heavy atom. The van der Waals surface area contributed by atoms with Crippen molar-refractivity contribution in [3.05, 3.63) is 0 Å². The maximum Gasteiger partial charge on any atom is 0.323 e. The van der Waals surface area contributed by atoms with Crippen LogP contribution < -0.4 is 0 Å². The van der Waals surface area contributed by atoms with Gasteiger partial charge >= 0.3 is 11.9 Å². The monoisotopic (exact) mass is 716 g/mol. The molecule has 0 bridgehead atoms. The van der Waals surface area contributed by atoms with Crippen LogP contribution in [-0.4, -0.2) is 50.2 Å². The zero-order valence-electron chi connectivity index (χ0n) is 33.5. The van der Waals surface area contributed by atoms with Crippen LogP contribution in [0.2, 0.25) is 0 Å². The average molecular weight is 717 g/mol. The van der Waals surface area contributed by atoms with Crippen molar-refractivity contribution in [1.29, 1.82) is 0 Å². The van der Waals surface area contributed by atoms with Gasteiger partial charge in [0.05, 0.1) is 13.2 Å². The smallest absolute Gasteiger partial charge is 0.323 e. The van der Waals surface area contributed by atoms with E-state index in [1.165, 1.54) is 180 Å². The normalized spacial score (nSPS) is 11.9. The number of unbranched alkanes of at least 4 members (excludes halogenated alkanes) is 30. The van der Waals surface area contributed by atoms with Crippen molar-refractivity contribution in [2.45, 2.75) is 238 Å². The van der Waals surface area contributed by atoms with E-state index in [1.54, 1.807) is 0 Å². The maximum absolute atomic E-state index is 12.7. The Kier molecular flexibility index (Phi) is 42.7. The number of esters is 2. The molecule has 0 rings (SSSR count). The molecule has 0 aliphatic rings. The van der Waals surface area contributed by atoms with Crippen molar-refractivity contribution in [1.82, 2.24) is 4.90 Å². The molecule has 1 atom stereocenters. The van der Waals surface area contributed by atoms with Crippen LogP contribution in [0, 0.1) is 0 Å². The second-order valence-corrected chi connectivity index (χ2v) is 15.0. The molecule has 0 N–H and O–H groups in total. The molecule has 294 valence electrons. The molecule has 0 aromatic heterocycles. The van der Waals surface area contributed by atoms with Gasteiger partial charge in [0, 0.05) is 6.42 Å². The Hall–Kier alpha value is -0.810. The Labute approximate surface area is 313 Å². The van der Waals surface area contributed by atoms with E-state index >= 15 is 0 Å². The maximum atomic E-state index is 12.7. The minimum absolute atomic E-state index is 0. The number of nitrogens with zero attached hydrogens (tertiary/aromatic N) is 1. The van der Waals surface area contributed by atoms with E-state index in [0.717, 1.165) is 25.7 Å². The van der Waals surface area contributed by atoms with Gasteiger partial charge in [-0.25, -0.2) is 0 Å². The number of rotatable bonds is 39. The fraction of sp³-hybridized carbons (Fsp3) is 0.953. The number of carbonyl (C=O) groups is 2. The van der Waals surface area contributed by atoms with Crippen LogP contribution in [0.4, 0.5) is 0 Å². The Morgan fingerprint density at radius 3 is 0.980 bits per heavy atom. The highest BCUT2D eigenvalue weighted by Crippen LogP contribution is 2.16. The summed E-state index contributed by atoms with van der Waals surface area (Å²) < 4.78 is 11.0. The molecular formula is C43H86ClNO4. The Morgan fingerprint density at radius 2 is 0.694 bits per heavy atom. The molecule has 0 amide bonds. The fourth-order valence-corrected chi connectivity index (χ4v) is 6.67. The van der Waals surface area contributed by atoms with Gasteiger partial charge in [-0.05, 0) is 33.4 Å². The Bertz CT molecular complexity index is 674. The topological polar surface area (TPSA) is 55.8 Å². The number of hydrogen-bond donors (Lipinski definition) is 0. The summed E-state index contributed by atoms with van der Waals surface area (Å²) in [6.45, 7) is 5.54. The van der Waals surface area contributed by atoms with Crippen molar-refractivity contribution in [2.75, 3.05) is 27.3 Å². The first-order valence-electron chi connectivity index (χ1n) is 21.5. The van der Waals surface area contributed by atoms with Crippen LogP contribution in [-0.2, 0) is 19.1 Å². The summed E-state index contributed by atoms with van der Waals surface area (Å²) in [7, 11) is 3.75. The zero-order chi connectivity index (χ0) is 35.2. The molecule has 0 aromatic rings. The van der Waals surface area contributed by atoms with Gasteiger partial charge in [-0.3, -0.25) is 14.5 Å². The van der Waals surface area contributed by atoms with Crippen molar-refractivity contribution in [2.24, 2.45) is 0 Å². The van der Waals surface area contributed by atoms with Crippen LogP contribution in [0.15, 0.2) is 0 Å². The summed E-state index contributed by atoms with van der Waals surface area (Å²) in [6, 6.07) is -0.394. The minimum Gasteiger partial charge on any atom is -0.466 e. The van der Waals surface area contributed by atoms with E-state index in [1.807, 2.05) is 19.0 Å². The van der Waals surface area contributed by atoms with E-state index < -0.39 is 6.04 Å². The van der Waals surface area contributed by atoms with Crippen molar-refractivity contribution >= 4 is 24.3 Å². The predicted molar refractivity (Wildman–Crippen MR) is 215 cm³/mol. The molecule has 5 nitrogen and oxygen atoms in total. The van der Waals surface area contributed by atoms with Crippen LogP contribution in [0.1, 0.15) is 232 Å². The molecule has 6 heteroatoms. The molecule has 0 saturated carbocycles. The Balaban J connectivity index is 0. The minimum atomic E-state index is -0.394. The lowest BCUT2D eigenvalue weighted by molar-refractivity contribution is -0.150. The average Bonchev–Trinajstić information content (AvgIpc) is 3.07. The van der Waals surface area contributed by atoms with Gasteiger partial charge in [0.15, 0.2) is 0 Å². The summed E-state index contributed by atoms with van der Waals surface area (Å²) in [4.78, 5) is 26.8. The molecule has 0 unspecified atom stereocenters. The molecule has 0 saturated heterocycles. The fourth-order valence-electron chi connectivity index (χ4n) is 6.67. The van der Waals surface area contributed by atoms with Crippen LogP contribution in [0.5, 0.6) is 0 Å². The predicted octanol–water partition coefficient (Wildman–Crippen LogP) is 13.7. The molecular weight excluding hydrogens is 630 g/mol. The summed E-state index contributed by atoms with van der Waals surface area (Å²) >= 11 is 0. The van der Waals surface area contributed by atoms with Gasteiger partial charge in [-0.2, -0.15) is 0 Å². The number of carbonyl (C=O) groups excluding carboxylic acids is 2. The van der Waals surface area contributed by atoms with Crippen molar-refractivity contribution in [3.8, 4) is 0 Å². The van der Waals surface area contributed by atoms with Crippen molar-refractivity contribution in [3.63, 3.8) is 0 Å². The van der Waals surface area contributed by atoms with Crippen LogP contribution >= 0.6 is 12.4 Å². The first kappa shape index (κ1) is 50.3. The number of likely N-dealkylation sites (N-methyl/N-ethyl adjacent to an activating group) is 1.